The van der Waals surface area contributed by atoms with Crippen LogP contribution < -0.4 is 15.5 Å². The first-order valence-electron chi connectivity index (χ1n) is 9.64. The maximum absolute atomic E-state index is 12.1. The first-order chi connectivity index (χ1) is 14.9. The van der Waals surface area contributed by atoms with Crippen LogP contribution in [0.25, 0.3) is 0 Å². The molecule has 3 rings (SSSR count). The minimum atomic E-state index is -0.510. The molecule has 0 bridgehead atoms. The summed E-state index contributed by atoms with van der Waals surface area (Å²) < 4.78 is 5.51. The number of phenolic OH excluding ortho intramolecular Hbond substituents is 1. The van der Waals surface area contributed by atoms with E-state index in [0.29, 0.717) is 5.75 Å². The third-order valence-electron chi connectivity index (χ3n) is 4.57. The van der Waals surface area contributed by atoms with E-state index >= 15 is 0 Å². The first-order valence-corrected chi connectivity index (χ1v) is 9.64. The number of carbonyl (C=O) groups excluding carboxylic acids is 2. The molecule has 0 aromatic heterocycles. The topological polar surface area (TPSA) is 100 Å². The van der Waals surface area contributed by atoms with Crippen molar-refractivity contribution in [3.8, 4) is 11.5 Å². The summed E-state index contributed by atoms with van der Waals surface area (Å²) in [4.78, 5) is 24.1. The number of ether oxygens (including phenoxy) is 1. The van der Waals surface area contributed by atoms with Gasteiger partial charge in [-0.05, 0) is 79.1 Å². The molecule has 7 heteroatoms. The fourth-order valence-electron chi connectivity index (χ4n) is 2.71. The summed E-state index contributed by atoms with van der Waals surface area (Å²) in [5.41, 5.74) is 6.23. The Balaban J connectivity index is 1.47. The highest BCUT2D eigenvalue weighted by Gasteiger charge is 2.08. The minimum Gasteiger partial charge on any atom is -0.507 e. The maximum Gasteiger partial charge on any atom is 0.275 e. The van der Waals surface area contributed by atoms with Crippen molar-refractivity contribution in [1.29, 1.82) is 0 Å². The maximum atomic E-state index is 12.1. The van der Waals surface area contributed by atoms with Crippen LogP contribution in [-0.4, -0.2) is 29.7 Å². The Morgan fingerprint density at radius 2 is 1.74 bits per heavy atom. The van der Waals surface area contributed by atoms with Gasteiger partial charge in [0.05, 0.1) is 11.8 Å². The van der Waals surface area contributed by atoms with Crippen LogP contribution in [0, 0.1) is 13.8 Å². The number of hydrogen-bond acceptors (Lipinski definition) is 5. The van der Waals surface area contributed by atoms with Gasteiger partial charge < -0.3 is 15.2 Å². The van der Waals surface area contributed by atoms with Crippen LogP contribution in [0.1, 0.15) is 27.0 Å². The van der Waals surface area contributed by atoms with Gasteiger partial charge in [-0.15, -0.1) is 0 Å². The zero-order valence-electron chi connectivity index (χ0n) is 17.3. The summed E-state index contributed by atoms with van der Waals surface area (Å²) in [5.74, 6) is -0.339. The van der Waals surface area contributed by atoms with E-state index in [1.54, 1.807) is 36.4 Å². The highest BCUT2D eigenvalue weighted by atomic mass is 16.5. The number of aromatic hydroxyl groups is 1. The van der Waals surface area contributed by atoms with Crippen molar-refractivity contribution in [2.75, 3.05) is 11.9 Å². The lowest BCUT2D eigenvalue weighted by atomic mass is 10.1. The van der Waals surface area contributed by atoms with Gasteiger partial charge in [0.25, 0.3) is 11.8 Å². The summed E-state index contributed by atoms with van der Waals surface area (Å²) in [5, 5.41) is 16.4. The van der Waals surface area contributed by atoms with Gasteiger partial charge in [0.1, 0.15) is 11.5 Å². The Morgan fingerprint density at radius 1 is 1.00 bits per heavy atom. The zero-order valence-corrected chi connectivity index (χ0v) is 17.3. The van der Waals surface area contributed by atoms with Crippen molar-refractivity contribution in [3.05, 3.63) is 89.0 Å². The SMILES string of the molecule is Cc1ccc(NC(=O)COc2ccc(/C=N\NC(=O)c3ccccc3O)cc2)cc1C. The largest absolute Gasteiger partial charge is 0.507 e. The number of aryl methyl sites for hydroxylation is 2. The van der Waals surface area contributed by atoms with Crippen LogP contribution >= 0.6 is 0 Å². The fraction of sp³-hybridized carbons (Fsp3) is 0.125. The monoisotopic (exact) mass is 417 g/mol. The number of nitrogens with zero attached hydrogens (tertiary/aromatic N) is 1. The third kappa shape index (κ3) is 6.17. The minimum absolute atomic E-state index is 0.113. The number of hydrazone groups is 1. The molecule has 158 valence electrons. The summed E-state index contributed by atoms with van der Waals surface area (Å²) in [7, 11) is 0. The summed E-state index contributed by atoms with van der Waals surface area (Å²) in [6.45, 7) is 3.89. The van der Waals surface area contributed by atoms with Gasteiger partial charge in [0.15, 0.2) is 6.61 Å². The van der Waals surface area contributed by atoms with E-state index in [-0.39, 0.29) is 23.8 Å². The van der Waals surface area contributed by atoms with Gasteiger partial charge in [-0.1, -0.05) is 18.2 Å². The molecular formula is C24H23N3O4. The summed E-state index contributed by atoms with van der Waals surface area (Å²) >= 11 is 0. The fourth-order valence-corrected chi connectivity index (χ4v) is 2.71. The molecule has 0 spiro atoms. The second kappa shape index (κ2) is 10.1. The molecule has 31 heavy (non-hydrogen) atoms. The van der Waals surface area contributed by atoms with Crippen LogP contribution in [0.2, 0.25) is 0 Å². The standard InChI is InChI=1S/C24H23N3O4/c1-16-7-10-19(13-17(16)2)26-23(29)15-31-20-11-8-18(9-12-20)14-25-27-24(30)21-5-3-4-6-22(21)28/h3-14,28H,15H2,1-2H3,(H,26,29)(H,27,30)/b25-14-. The molecule has 0 aliphatic carbocycles. The van der Waals surface area contributed by atoms with Crippen molar-refractivity contribution in [1.82, 2.24) is 5.43 Å². The van der Waals surface area contributed by atoms with Gasteiger partial charge in [0, 0.05) is 5.69 Å². The molecule has 0 heterocycles. The van der Waals surface area contributed by atoms with Gasteiger partial charge in [-0.3, -0.25) is 9.59 Å². The Labute approximate surface area is 180 Å². The molecule has 0 saturated carbocycles. The van der Waals surface area contributed by atoms with E-state index in [0.717, 1.165) is 22.4 Å². The highest BCUT2D eigenvalue weighted by molar-refractivity contribution is 5.97. The predicted octanol–water partition coefficient (Wildman–Crippen LogP) is 3.79. The number of nitrogens with one attached hydrogen (secondary N) is 2. The number of phenols is 1. The van der Waals surface area contributed by atoms with Crippen molar-refractivity contribution in [2.24, 2.45) is 5.10 Å². The second-order valence-corrected chi connectivity index (χ2v) is 6.92. The molecule has 0 aliphatic heterocycles. The van der Waals surface area contributed by atoms with Crippen molar-refractivity contribution < 1.29 is 19.4 Å². The zero-order chi connectivity index (χ0) is 22.2. The van der Waals surface area contributed by atoms with E-state index in [2.05, 4.69) is 15.8 Å². The molecule has 0 saturated heterocycles. The lowest BCUT2D eigenvalue weighted by molar-refractivity contribution is -0.118. The smallest absolute Gasteiger partial charge is 0.275 e. The number of amides is 2. The first kappa shape index (κ1) is 21.6. The second-order valence-electron chi connectivity index (χ2n) is 6.92. The van der Waals surface area contributed by atoms with E-state index in [9.17, 15) is 14.7 Å². The normalized spacial score (nSPS) is 10.6. The van der Waals surface area contributed by atoms with Gasteiger partial charge in [-0.2, -0.15) is 5.10 Å². The number of hydrogen-bond donors (Lipinski definition) is 3. The molecule has 3 aromatic rings. The number of para-hydroxylation sites is 1. The summed E-state index contributed by atoms with van der Waals surface area (Å²) in [6.07, 6.45) is 1.47. The number of carbonyl (C=O) groups is 2. The van der Waals surface area contributed by atoms with Gasteiger partial charge in [0.2, 0.25) is 0 Å². The van der Waals surface area contributed by atoms with Crippen LogP contribution in [-0.2, 0) is 4.79 Å². The summed E-state index contributed by atoms with van der Waals surface area (Å²) in [6, 6.07) is 18.8. The Hall–Kier alpha value is -4.13. The van der Waals surface area contributed by atoms with Crippen LogP contribution in [0.5, 0.6) is 11.5 Å². The third-order valence-corrected chi connectivity index (χ3v) is 4.57. The number of rotatable bonds is 7. The van der Waals surface area contributed by atoms with Gasteiger partial charge in [-0.25, -0.2) is 5.43 Å². The Kier molecular flexibility index (Phi) is 7.01. The molecule has 0 radical (unpaired) electrons. The van der Waals surface area contributed by atoms with Crippen LogP contribution in [0.15, 0.2) is 71.8 Å². The molecule has 2 amide bonds. The highest BCUT2D eigenvalue weighted by Crippen LogP contribution is 2.16. The van der Waals surface area contributed by atoms with Crippen LogP contribution in [0.3, 0.4) is 0 Å². The quantitative estimate of drug-likeness (QED) is 0.402. The van der Waals surface area contributed by atoms with E-state index < -0.39 is 5.91 Å². The van der Waals surface area contributed by atoms with Crippen molar-refractivity contribution in [2.45, 2.75) is 13.8 Å². The molecule has 3 aromatic carbocycles. The molecule has 7 nitrogen and oxygen atoms in total. The average Bonchev–Trinajstić information content (AvgIpc) is 2.76. The lowest BCUT2D eigenvalue weighted by Gasteiger charge is -2.09. The van der Waals surface area contributed by atoms with Gasteiger partial charge >= 0.3 is 0 Å². The molecule has 0 unspecified atom stereocenters. The predicted molar refractivity (Wildman–Crippen MR) is 120 cm³/mol. The number of anilines is 1. The molecule has 0 atom stereocenters. The average molecular weight is 417 g/mol. The Morgan fingerprint density at radius 3 is 2.45 bits per heavy atom. The van der Waals surface area contributed by atoms with Crippen LogP contribution in [0.4, 0.5) is 5.69 Å². The van der Waals surface area contributed by atoms with E-state index in [4.69, 9.17) is 4.74 Å². The molecular weight excluding hydrogens is 394 g/mol. The lowest BCUT2D eigenvalue weighted by Crippen LogP contribution is -2.20. The van der Waals surface area contributed by atoms with E-state index in [1.165, 1.54) is 18.3 Å². The molecule has 0 fully saturated rings. The Bertz CT molecular complexity index is 1110. The van der Waals surface area contributed by atoms with Crippen molar-refractivity contribution in [3.63, 3.8) is 0 Å². The molecule has 0 aliphatic rings. The van der Waals surface area contributed by atoms with E-state index in [1.807, 2.05) is 32.0 Å². The number of benzene rings is 3. The van der Waals surface area contributed by atoms with Crippen molar-refractivity contribution >= 4 is 23.7 Å². The molecule has 3 N–H and O–H groups in total.